The second-order valence-electron chi connectivity index (χ2n) is 5.45. The maximum absolute atomic E-state index is 5.47. The number of guanidine groups is 1. The van der Waals surface area contributed by atoms with Crippen molar-refractivity contribution in [2.75, 3.05) is 40.7 Å². The maximum Gasteiger partial charge on any atom is 0.191 e. The van der Waals surface area contributed by atoms with Gasteiger partial charge in [0.1, 0.15) is 17.2 Å². The van der Waals surface area contributed by atoms with E-state index in [0.29, 0.717) is 17.5 Å². The molecule has 0 amide bonds. The van der Waals surface area contributed by atoms with E-state index in [0.717, 1.165) is 29.6 Å². The minimum atomic E-state index is 0. The Bertz CT molecular complexity index is 541. The molecule has 1 unspecified atom stereocenters. The van der Waals surface area contributed by atoms with Crippen LogP contribution in [0.1, 0.15) is 18.4 Å². The highest BCUT2D eigenvalue weighted by molar-refractivity contribution is 14.0. The molecule has 1 aromatic carbocycles. The molecule has 6 nitrogen and oxygen atoms in total. The number of aliphatic imine (C=N–C) groups is 1. The summed E-state index contributed by atoms with van der Waals surface area (Å²) >= 11 is 2.03. The van der Waals surface area contributed by atoms with Crippen molar-refractivity contribution >= 4 is 41.7 Å². The monoisotopic (exact) mass is 481 g/mol. The van der Waals surface area contributed by atoms with Gasteiger partial charge in [-0.2, -0.15) is 11.8 Å². The van der Waals surface area contributed by atoms with Crippen LogP contribution in [0, 0.1) is 0 Å². The van der Waals surface area contributed by atoms with Crippen LogP contribution in [0.4, 0.5) is 0 Å². The van der Waals surface area contributed by atoms with Crippen molar-refractivity contribution in [3.63, 3.8) is 0 Å². The summed E-state index contributed by atoms with van der Waals surface area (Å²) in [6, 6.07) is 3.70. The van der Waals surface area contributed by atoms with Gasteiger partial charge in [0.25, 0.3) is 0 Å². The first-order chi connectivity index (χ1) is 11.7. The number of thioether (sulfide) groups is 1. The molecule has 1 atom stereocenters. The number of methoxy groups -OCH3 is 3. The SMILES string of the molecule is CN=C(NCc1c(OC)cc(OC)cc1OC)NCC1CCCS1.I. The van der Waals surface area contributed by atoms with Crippen LogP contribution >= 0.6 is 35.7 Å². The van der Waals surface area contributed by atoms with E-state index >= 15 is 0 Å². The zero-order chi connectivity index (χ0) is 17.4. The molecule has 1 aliphatic rings. The highest BCUT2D eigenvalue weighted by Crippen LogP contribution is 2.33. The number of nitrogens with one attached hydrogen (secondary N) is 2. The van der Waals surface area contributed by atoms with Crippen LogP contribution in [-0.2, 0) is 6.54 Å². The molecule has 0 aliphatic carbocycles. The fraction of sp³-hybridized carbons (Fsp3) is 0.588. The highest BCUT2D eigenvalue weighted by atomic mass is 127. The second kappa shape index (κ2) is 11.6. The Balaban J connectivity index is 0.00000312. The van der Waals surface area contributed by atoms with Crippen LogP contribution < -0.4 is 24.8 Å². The molecular formula is C17H28IN3O3S. The molecule has 0 spiro atoms. The smallest absolute Gasteiger partial charge is 0.191 e. The van der Waals surface area contributed by atoms with Crippen molar-refractivity contribution in [1.82, 2.24) is 10.6 Å². The molecule has 0 radical (unpaired) electrons. The molecule has 0 aromatic heterocycles. The van der Waals surface area contributed by atoms with Crippen LogP contribution in [0.2, 0.25) is 0 Å². The van der Waals surface area contributed by atoms with Crippen LogP contribution in [0.5, 0.6) is 17.2 Å². The normalized spacial score (nSPS) is 16.8. The first-order valence-electron chi connectivity index (χ1n) is 8.06. The van der Waals surface area contributed by atoms with E-state index in [-0.39, 0.29) is 24.0 Å². The third-order valence-corrected chi connectivity index (χ3v) is 5.39. The summed E-state index contributed by atoms with van der Waals surface area (Å²) < 4.78 is 16.2. The number of nitrogens with zero attached hydrogens (tertiary/aromatic N) is 1. The summed E-state index contributed by atoms with van der Waals surface area (Å²) in [5, 5.41) is 7.39. The Kier molecular flexibility index (Phi) is 10.2. The Morgan fingerprint density at radius 1 is 1.16 bits per heavy atom. The van der Waals surface area contributed by atoms with E-state index in [4.69, 9.17) is 14.2 Å². The third kappa shape index (κ3) is 6.32. The van der Waals surface area contributed by atoms with Crippen molar-refractivity contribution in [2.45, 2.75) is 24.6 Å². The van der Waals surface area contributed by atoms with E-state index in [9.17, 15) is 0 Å². The molecule has 0 saturated carbocycles. The van der Waals surface area contributed by atoms with Gasteiger partial charge in [-0.05, 0) is 18.6 Å². The molecule has 1 heterocycles. The lowest BCUT2D eigenvalue weighted by atomic mass is 10.1. The van der Waals surface area contributed by atoms with E-state index < -0.39 is 0 Å². The van der Waals surface area contributed by atoms with Gasteiger partial charge >= 0.3 is 0 Å². The van der Waals surface area contributed by atoms with Gasteiger partial charge in [-0.15, -0.1) is 24.0 Å². The van der Waals surface area contributed by atoms with Gasteiger partial charge in [-0.25, -0.2) is 0 Å². The average molecular weight is 481 g/mol. The number of hydrogen-bond acceptors (Lipinski definition) is 5. The number of rotatable bonds is 7. The van der Waals surface area contributed by atoms with Gasteiger partial charge in [0.15, 0.2) is 5.96 Å². The van der Waals surface area contributed by atoms with Crippen LogP contribution in [0.3, 0.4) is 0 Å². The van der Waals surface area contributed by atoms with E-state index in [1.54, 1.807) is 28.4 Å². The largest absolute Gasteiger partial charge is 0.496 e. The number of benzene rings is 1. The summed E-state index contributed by atoms with van der Waals surface area (Å²) in [4.78, 5) is 4.29. The van der Waals surface area contributed by atoms with Crippen molar-refractivity contribution in [3.8, 4) is 17.2 Å². The summed E-state index contributed by atoms with van der Waals surface area (Å²) in [6.45, 7) is 1.48. The Labute approximate surface area is 171 Å². The average Bonchev–Trinajstić information content (AvgIpc) is 3.14. The van der Waals surface area contributed by atoms with Gasteiger partial charge in [-0.1, -0.05) is 0 Å². The number of ether oxygens (including phenoxy) is 3. The van der Waals surface area contributed by atoms with Gasteiger partial charge < -0.3 is 24.8 Å². The van der Waals surface area contributed by atoms with Gasteiger partial charge in [0, 0.05) is 31.0 Å². The zero-order valence-corrected chi connectivity index (χ0v) is 18.4. The topological polar surface area (TPSA) is 64.1 Å². The molecule has 142 valence electrons. The standard InChI is InChI=1S/C17H27N3O3S.HI/c1-18-17(19-10-13-6-5-7-24-13)20-11-14-15(22-3)8-12(21-2)9-16(14)23-4;/h8-9,13H,5-7,10-11H2,1-4H3,(H2,18,19,20);1H. The van der Waals surface area contributed by atoms with Crippen molar-refractivity contribution < 1.29 is 14.2 Å². The lowest BCUT2D eigenvalue weighted by Crippen LogP contribution is -2.39. The lowest BCUT2D eigenvalue weighted by Gasteiger charge is -2.18. The zero-order valence-electron chi connectivity index (χ0n) is 15.3. The fourth-order valence-electron chi connectivity index (χ4n) is 2.66. The minimum Gasteiger partial charge on any atom is -0.496 e. The predicted molar refractivity (Wildman–Crippen MR) is 115 cm³/mol. The van der Waals surface area contributed by atoms with E-state index in [1.165, 1.54) is 18.6 Å². The molecule has 1 fully saturated rings. The quantitative estimate of drug-likeness (QED) is 0.355. The van der Waals surface area contributed by atoms with Gasteiger partial charge in [0.05, 0.1) is 33.4 Å². The molecule has 2 N–H and O–H groups in total. The molecule has 25 heavy (non-hydrogen) atoms. The molecule has 0 bridgehead atoms. The number of hydrogen-bond donors (Lipinski definition) is 2. The summed E-state index contributed by atoms with van der Waals surface area (Å²) in [5.74, 6) is 4.19. The Hall–Kier alpha value is -1.03. The number of halogens is 1. The predicted octanol–water partition coefficient (Wildman–Crippen LogP) is 2.89. The highest BCUT2D eigenvalue weighted by Gasteiger charge is 2.17. The fourth-order valence-corrected chi connectivity index (χ4v) is 3.86. The van der Waals surface area contributed by atoms with Gasteiger partial charge in [-0.3, -0.25) is 4.99 Å². The maximum atomic E-state index is 5.47. The van der Waals surface area contributed by atoms with Crippen LogP contribution in [-0.4, -0.2) is 51.9 Å². The third-order valence-electron chi connectivity index (χ3n) is 3.99. The summed E-state index contributed by atoms with van der Waals surface area (Å²) in [6.07, 6.45) is 2.58. The molecular weight excluding hydrogens is 453 g/mol. The van der Waals surface area contributed by atoms with Crippen LogP contribution in [0.25, 0.3) is 0 Å². The molecule has 1 aromatic rings. The Morgan fingerprint density at radius 2 is 1.84 bits per heavy atom. The first-order valence-corrected chi connectivity index (χ1v) is 9.11. The van der Waals surface area contributed by atoms with Crippen molar-refractivity contribution in [3.05, 3.63) is 17.7 Å². The van der Waals surface area contributed by atoms with Crippen molar-refractivity contribution in [1.29, 1.82) is 0 Å². The Morgan fingerprint density at radius 3 is 2.32 bits per heavy atom. The molecule has 8 heteroatoms. The summed E-state index contributed by atoms with van der Waals surface area (Å²) in [7, 11) is 6.68. The van der Waals surface area contributed by atoms with Gasteiger partial charge in [0.2, 0.25) is 0 Å². The molecule has 1 saturated heterocycles. The second-order valence-corrected chi connectivity index (χ2v) is 6.86. The minimum absolute atomic E-state index is 0. The first kappa shape index (κ1) is 22.0. The molecule has 2 rings (SSSR count). The molecule has 1 aliphatic heterocycles. The van der Waals surface area contributed by atoms with Crippen molar-refractivity contribution in [2.24, 2.45) is 4.99 Å². The van der Waals surface area contributed by atoms with E-state index in [2.05, 4.69) is 15.6 Å². The lowest BCUT2D eigenvalue weighted by molar-refractivity contribution is 0.368. The summed E-state index contributed by atoms with van der Waals surface area (Å²) in [5.41, 5.74) is 0.930. The van der Waals surface area contributed by atoms with E-state index in [1.807, 2.05) is 23.9 Å². The van der Waals surface area contributed by atoms with Crippen LogP contribution in [0.15, 0.2) is 17.1 Å².